The molecule has 0 saturated carbocycles. The van der Waals surface area contributed by atoms with Crippen LogP contribution in [0.2, 0.25) is 0 Å². The van der Waals surface area contributed by atoms with Gasteiger partial charge in [-0.1, -0.05) is 0 Å². The molecule has 1 aliphatic rings. The summed E-state index contributed by atoms with van der Waals surface area (Å²) in [5.41, 5.74) is 0. The second-order valence-electron chi connectivity index (χ2n) is 2.38. The number of halogens is 1. The fraction of sp³-hybridized carbons (Fsp3) is 0.833. The monoisotopic (exact) mass is 254 g/mol. The van der Waals surface area contributed by atoms with Gasteiger partial charge in [-0.05, 0) is 0 Å². The van der Waals surface area contributed by atoms with E-state index in [0.717, 1.165) is 26.2 Å². The molecule has 1 saturated heterocycles. The molecule has 0 aromatic carbocycles. The summed E-state index contributed by atoms with van der Waals surface area (Å²) in [5, 5.41) is 3.23. The Balaban J connectivity index is 2.19. The van der Waals surface area contributed by atoms with Crippen molar-refractivity contribution >= 4 is 26.4 Å². The number of hydrogen-bond acceptors (Lipinski definition) is 3. The largest absolute Gasteiger partial charge is 0.314 e. The molecule has 58 valence electrons. The summed E-state index contributed by atoms with van der Waals surface area (Å²) < 4.78 is 0.236. The highest BCUT2D eigenvalue weighted by molar-refractivity contribution is 14.1. The first-order valence-corrected chi connectivity index (χ1v) is 4.48. The maximum atomic E-state index is 10.6. The Kier molecular flexibility index (Phi) is 3.58. The van der Waals surface area contributed by atoms with E-state index >= 15 is 0 Å². The van der Waals surface area contributed by atoms with E-state index in [9.17, 15) is 4.79 Å². The zero-order valence-corrected chi connectivity index (χ0v) is 7.93. The van der Waals surface area contributed by atoms with E-state index in [1.54, 1.807) is 0 Å². The van der Waals surface area contributed by atoms with Crippen LogP contribution in [0.15, 0.2) is 0 Å². The third-order valence-electron chi connectivity index (χ3n) is 1.56. The number of carbonyl (C=O) groups excluding carboxylic acids is 1. The van der Waals surface area contributed by atoms with Gasteiger partial charge in [0.2, 0.25) is 3.79 Å². The van der Waals surface area contributed by atoms with Gasteiger partial charge in [0.15, 0.2) is 0 Å². The van der Waals surface area contributed by atoms with Crippen molar-refractivity contribution in [2.75, 3.05) is 32.7 Å². The second kappa shape index (κ2) is 4.25. The number of carbonyl (C=O) groups is 1. The molecule has 0 aliphatic carbocycles. The fourth-order valence-electron chi connectivity index (χ4n) is 1.05. The van der Waals surface area contributed by atoms with Crippen molar-refractivity contribution in [3.05, 3.63) is 0 Å². The first-order valence-electron chi connectivity index (χ1n) is 3.40. The van der Waals surface area contributed by atoms with Gasteiger partial charge in [-0.25, -0.2) is 0 Å². The molecule has 0 radical (unpaired) electrons. The van der Waals surface area contributed by atoms with Crippen LogP contribution < -0.4 is 5.32 Å². The van der Waals surface area contributed by atoms with Gasteiger partial charge in [0.1, 0.15) is 0 Å². The van der Waals surface area contributed by atoms with Crippen molar-refractivity contribution in [1.82, 2.24) is 10.2 Å². The van der Waals surface area contributed by atoms with E-state index in [1.165, 1.54) is 0 Å². The van der Waals surface area contributed by atoms with Gasteiger partial charge in [-0.3, -0.25) is 9.69 Å². The molecule has 0 aromatic rings. The van der Waals surface area contributed by atoms with E-state index in [-0.39, 0.29) is 3.79 Å². The minimum atomic E-state index is 0.236. The second-order valence-corrected chi connectivity index (χ2v) is 3.58. The molecule has 10 heavy (non-hydrogen) atoms. The van der Waals surface area contributed by atoms with Crippen LogP contribution >= 0.6 is 22.6 Å². The highest BCUT2D eigenvalue weighted by Gasteiger charge is 2.10. The van der Waals surface area contributed by atoms with Gasteiger partial charge in [0.25, 0.3) is 0 Å². The molecule has 0 spiro atoms. The molecule has 0 bridgehead atoms. The quantitative estimate of drug-likeness (QED) is 0.549. The van der Waals surface area contributed by atoms with Gasteiger partial charge < -0.3 is 5.32 Å². The van der Waals surface area contributed by atoms with Crippen LogP contribution in [0.25, 0.3) is 0 Å². The minimum Gasteiger partial charge on any atom is -0.314 e. The molecule has 0 unspecified atom stereocenters. The Morgan fingerprint density at radius 3 is 2.60 bits per heavy atom. The molecule has 4 heteroatoms. The molecule has 1 N–H and O–H groups in total. The molecule has 1 aliphatic heterocycles. The smallest absolute Gasteiger partial charge is 0.206 e. The lowest BCUT2D eigenvalue weighted by atomic mass is 10.4. The third kappa shape index (κ3) is 2.94. The van der Waals surface area contributed by atoms with Gasteiger partial charge in [0, 0.05) is 48.8 Å². The summed E-state index contributed by atoms with van der Waals surface area (Å²) in [4.78, 5) is 12.8. The Morgan fingerprint density at radius 1 is 1.50 bits per heavy atom. The van der Waals surface area contributed by atoms with Crippen LogP contribution in [-0.2, 0) is 4.79 Å². The molecular formula is C6H11IN2O. The summed E-state index contributed by atoms with van der Waals surface area (Å²) >= 11 is 1.84. The number of nitrogens with zero attached hydrogens (tertiary/aromatic N) is 1. The van der Waals surface area contributed by atoms with Crippen LogP contribution in [0.4, 0.5) is 0 Å². The fourth-order valence-corrected chi connectivity index (χ4v) is 1.53. The summed E-state index contributed by atoms with van der Waals surface area (Å²) in [6.07, 6.45) is 0. The zero-order chi connectivity index (χ0) is 7.40. The molecule has 3 nitrogen and oxygen atoms in total. The van der Waals surface area contributed by atoms with E-state index in [0.29, 0.717) is 6.54 Å². The highest BCUT2D eigenvalue weighted by Crippen LogP contribution is 1.95. The maximum absolute atomic E-state index is 10.6. The molecule has 1 rings (SSSR count). The maximum Gasteiger partial charge on any atom is 0.206 e. The van der Waals surface area contributed by atoms with Crippen molar-refractivity contribution in [2.45, 2.75) is 0 Å². The average Bonchev–Trinajstić information content (AvgIpc) is 1.88. The van der Waals surface area contributed by atoms with Gasteiger partial charge in [-0.15, -0.1) is 0 Å². The highest BCUT2D eigenvalue weighted by atomic mass is 127. The van der Waals surface area contributed by atoms with Crippen molar-refractivity contribution in [2.24, 2.45) is 0 Å². The van der Waals surface area contributed by atoms with Crippen molar-refractivity contribution in [3.8, 4) is 0 Å². The summed E-state index contributed by atoms with van der Waals surface area (Å²) in [5.74, 6) is 0. The Labute approximate surface area is 74.3 Å². The summed E-state index contributed by atoms with van der Waals surface area (Å²) in [6.45, 7) is 4.67. The number of hydrogen-bond donors (Lipinski definition) is 1. The molecule has 0 aromatic heterocycles. The Hall–Kier alpha value is 0.320. The predicted octanol–water partition coefficient (Wildman–Crippen LogP) is -0.147. The Morgan fingerprint density at radius 2 is 2.10 bits per heavy atom. The van der Waals surface area contributed by atoms with E-state index in [4.69, 9.17) is 0 Å². The standard InChI is InChI=1S/C6H11IN2O/c7-6(10)5-9-3-1-8-2-4-9/h8H,1-5H2. The molecular weight excluding hydrogens is 243 g/mol. The number of nitrogens with one attached hydrogen (secondary N) is 1. The van der Waals surface area contributed by atoms with Crippen molar-refractivity contribution < 1.29 is 4.79 Å². The predicted molar refractivity (Wildman–Crippen MR) is 48.3 cm³/mol. The Bertz CT molecular complexity index is 123. The molecule has 0 amide bonds. The number of rotatable bonds is 2. The lowest BCUT2D eigenvalue weighted by molar-refractivity contribution is -0.110. The van der Waals surface area contributed by atoms with E-state index in [1.807, 2.05) is 22.6 Å². The average molecular weight is 254 g/mol. The van der Waals surface area contributed by atoms with Gasteiger partial charge in [-0.2, -0.15) is 0 Å². The summed E-state index contributed by atoms with van der Waals surface area (Å²) in [6, 6.07) is 0. The first-order chi connectivity index (χ1) is 4.79. The lowest BCUT2D eigenvalue weighted by Crippen LogP contribution is -2.44. The van der Waals surface area contributed by atoms with E-state index in [2.05, 4.69) is 10.2 Å². The van der Waals surface area contributed by atoms with Crippen LogP contribution in [0, 0.1) is 0 Å². The topological polar surface area (TPSA) is 32.3 Å². The zero-order valence-electron chi connectivity index (χ0n) is 5.77. The number of piperazine rings is 1. The van der Waals surface area contributed by atoms with Crippen LogP contribution in [0.5, 0.6) is 0 Å². The van der Waals surface area contributed by atoms with Crippen LogP contribution in [0.3, 0.4) is 0 Å². The molecule has 1 fully saturated rings. The van der Waals surface area contributed by atoms with Crippen molar-refractivity contribution in [1.29, 1.82) is 0 Å². The van der Waals surface area contributed by atoms with E-state index < -0.39 is 0 Å². The lowest BCUT2D eigenvalue weighted by Gasteiger charge is -2.25. The molecule has 1 heterocycles. The third-order valence-corrected chi connectivity index (χ3v) is 1.90. The summed E-state index contributed by atoms with van der Waals surface area (Å²) in [7, 11) is 0. The normalized spacial score (nSPS) is 20.9. The van der Waals surface area contributed by atoms with Crippen molar-refractivity contribution in [3.63, 3.8) is 0 Å². The first kappa shape index (κ1) is 8.42. The van der Waals surface area contributed by atoms with Gasteiger partial charge >= 0.3 is 0 Å². The van der Waals surface area contributed by atoms with Gasteiger partial charge in [0.05, 0.1) is 6.54 Å². The minimum absolute atomic E-state index is 0.236. The molecule has 0 atom stereocenters. The van der Waals surface area contributed by atoms with Crippen LogP contribution in [-0.4, -0.2) is 41.4 Å². The SMILES string of the molecule is O=C(I)CN1CCNCC1. The van der Waals surface area contributed by atoms with Crippen LogP contribution in [0.1, 0.15) is 0 Å².